The molecule has 1 saturated heterocycles. The molecule has 0 saturated carbocycles. The van der Waals surface area contributed by atoms with Gasteiger partial charge in [-0.1, -0.05) is 18.2 Å². The minimum Gasteiger partial charge on any atom is -0.478 e. The van der Waals surface area contributed by atoms with E-state index < -0.39 is 5.97 Å². The monoisotopic (exact) mass is 292 g/mol. The van der Waals surface area contributed by atoms with Crippen LogP contribution in [0.5, 0.6) is 0 Å². The minimum atomic E-state index is -0.956. The second-order valence-electron chi connectivity index (χ2n) is 5.23. The molecule has 1 aromatic carbocycles. The number of amides is 2. The summed E-state index contributed by atoms with van der Waals surface area (Å²) in [4.78, 5) is 24.7. The van der Waals surface area contributed by atoms with Gasteiger partial charge in [-0.15, -0.1) is 0 Å². The molecule has 0 radical (unpaired) electrons. The molecule has 0 spiro atoms. The van der Waals surface area contributed by atoms with Crippen LogP contribution in [0.2, 0.25) is 0 Å². The first-order valence-corrected chi connectivity index (χ1v) is 7.06. The lowest BCUT2D eigenvalue weighted by molar-refractivity contribution is 0.0695. The number of carboxylic acids is 1. The number of hydrogen-bond donors (Lipinski definition) is 3. The number of nitrogens with one attached hydrogen (secondary N) is 1. The van der Waals surface area contributed by atoms with Gasteiger partial charge in [0.2, 0.25) is 0 Å². The molecule has 3 N–H and O–H groups in total. The molecule has 6 nitrogen and oxygen atoms in total. The maximum Gasteiger partial charge on any atom is 0.335 e. The molecule has 0 aromatic heterocycles. The van der Waals surface area contributed by atoms with Gasteiger partial charge in [0, 0.05) is 32.2 Å². The van der Waals surface area contributed by atoms with Gasteiger partial charge < -0.3 is 20.4 Å². The van der Waals surface area contributed by atoms with E-state index in [2.05, 4.69) is 5.32 Å². The van der Waals surface area contributed by atoms with Gasteiger partial charge in [0.1, 0.15) is 0 Å². The van der Waals surface area contributed by atoms with Crippen LogP contribution in [0.1, 0.15) is 22.3 Å². The molecule has 1 aliphatic rings. The third-order valence-corrected chi connectivity index (χ3v) is 3.75. The molecule has 0 aliphatic carbocycles. The molecular formula is C15H20N2O4. The zero-order chi connectivity index (χ0) is 15.2. The van der Waals surface area contributed by atoms with Crippen LogP contribution in [0.3, 0.4) is 0 Å². The first-order valence-electron chi connectivity index (χ1n) is 7.06. The fraction of sp³-hybridized carbons (Fsp3) is 0.467. The van der Waals surface area contributed by atoms with Crippen molar-refractivity contribution in [3.05, 3.63) is 35.4 Å². The Hall–Kier alpha value is -2.08. The van der Waals surface area contributed by atoms with Crippen molar-refractivity contribution in [2.45, 2.75) is 12.8 Å². The lowest BCUT2D eigenvalue weighted by atomic mass is 10.0. The van der Waals surface area contributed by atoms with E-state index in [-0.39, 0.29) is 24.1 Å². The number of carbonyl (C=O) groups is 2. The van der Waals surface area contributed by atoms with E-state index in [4.69, 9.17) is 10.2 Å². The molecule has 1 aromatic rings. The van der Waals surface area contributed by atoms with Crippen molar-refractivity contribution in [2.24, 2.45) is 5.92 Å². The van der Waals surface area contributed by atoms with Gasteiger partial charge in [-0.25, -0.2) is 9.59 Å². The van der Waals surface area contributed by atoms with E-state index in [0.29, 0.717) is 31.6 Å². The Labute approximate surface area is 123 Å². The van der Waals surface area contributed by atoms with E-state index in [1.54, 1.807) is 29.2 Å². The van der Waals surface area contributed by atoms with Crippen molar-refractivity contribution in [2.75, 3.05) is 26.2 Å². The summed E-state index contributed by atoms with van der Waals surface area (Å²) in [5.74, 6) is -0.786. The largest absolute Gasteiger partial charge is 0.478 e. The number of nitrogens with zero attached hydrogens (tertiary/aromatic N) is 1. The predicted molar refractivity (Wildman–Crippen MR) is 77.3 cm³/mol. The zero-order valence-electron chi connectivity index (χ0n) is 11.8. The Bertz CT molecular complexity index is 518. The maximum atomic E-state index is 11.9. The first-order chi connectivity index (χ1) is 10.1. The molecule has 6 heteroatoms. The van der Waals surface area contributed by atoms with E-state index in [9.17, 15) is 9.59 Å². The molecule has 1 heterocycles. The molecule has 114 valence electrons. The molecule has 2 amide bonds. The van der Waals surface area contributed by atoms with Crippen LogP contribution >= 0.6 is 0 Å². The number of urea groups is 1. The van der Waals surface area contributed by atoms with Gasteiger partial charge in [-0.3, -0.25) is 0 Å². The van der Waals surface area contributed by atoms with Crippen LogP contribution < -0.4 is 5.32 Å². The Morgan fingerprint density at radius 1 is 1.33 bits per heavy atom. The summed E-state index contributed by atoms with van der Waals surface area (Å²) in [6, 6.07) is 6.64. The minimum absolute atomic E-state index is 0.107. The Balaban J connectivity index is 1.82. The summed E-state index contributed by atoms with van der Waals surface area (Å²) in [6.07, 6.45) is 1.30. The Morgan fingerprint density at radius 3 is 2.76 bits per heavy atom. The molecule has 2 rings (SSSR count). The first kappa shape index (κ1) is 15.3. The summed E-state index contributed by atoms with van der Waals surface area (Å²) < 4.78 is 0. The number of carbonyl (C=O) groups excluding carboxylic acids is 1. The van der Waals surface area contributed by atoms with Crippen molar-refractivity contribution < 1.29 is 19.8 Å². The van der Waals surface area contributed by atoms with Gasteiger partial charge in [-0.2, -0.15) is 0 Å². The maximum absolute atomic E-state index is 11.9. The summed E-state index contributed by atoms with van der Waals surface area (Å²) in [6.45, 7) is 1.73. The molecular weight excluding hydrogens is 272 g/mol. The van der Waals surface area contributed by atoms with Crippen LogP contribution in [0, 0.1) is 5.92 Å². The van der Waals surface area contributed by atoms with Crippen molar-refractivity contribution in [1.29, 1.82) is 0 Å². The van der Waals surface area contributed by atoms with Crippen molar-refractivity contribution in [3.8, 4) is 0 Å². The van der Waals surface area contributed by atoms with Crippen molar-refractivity contribution in [1.82, 2.24) is 10.2 Å². The standard InChI is InChI=1S/C15H20N2O4/c18-10-11-6-8-17(9-11)15(21)16-7-5-12-3-1-2-4-13(12)14(19)20/h1-4,11,18H,5-10H2,(H,16,21)(H,19,20). The van der Waals surface area contributed by atoms with E-state index in [1.807, 2.05) is 0 Å². The van der Waals surface area contributed by atoms with Gasteiger partial charge >= 0.3 is 12.0 Å². The SMILES string of the molecule is O=C(O)c1ccccc1CCNC(=O)N1CCC(CO)C1. The lowest BCUT2D eigenvalue weighted by Gasteiger charge is -2.17. The lowest BCUT2D eigenvalue weighted by Crippen LogP contribution is -2.39. The fourth-order valence-corrected chi connectivity index (χ4v) is 2.53. The molecule has 1 aliphatic heterocycles. The second-order valence-corrected chi connectivity index (χ2v) is 5.23. The van der Waals surface area contributed by atoms with Crippen LogP contribution in [-0.2, 0) is 6.42 Å². The van der Waals surface area contributed by atoms with Gasteiger partial charge in [0.15, 0.2) is 0 Å². The zero-order valence-corrected chi connectivity index (χ0v) is 11.8. The summed E-state index contributed by atoms with van der Waals surface area (Å²) in [7, 11) is 0. The highest BCUT2D eigenvalue weighted by Crippen LogP contribution is 2.15. The van der Waals surface area contributed by atoms with E-state index in [0.717, 1.165) is 6.42 Å². The summed E-state index contributed by atoms with van der Waals surface area (Å²) in [5.41, 5.74) is 0.980. The number of hydrogen-bond acceptors (Lipinski definition) is 3. The van der Waals surface area contributed by atoms with Crippen LogP contribution in [0.15, 0.2) is 24.3 Å². The smallest absolute Gasteiger partial charge is 0.335 e. The number of aromatic carboxylic acids is 1. The molecule has 21 heavy (non-hydrogen) atoms. The third-order valence-electron chi connectivity index (χ3n) is 3.75. The number of likely N-dealkylation sites (tertiary alicyclic amines) is 1. The molecule has 1 atom stereocenters. The molecule has 1 fully saturated rings. The van der Waals surface area contributed by atoms with Gasteiger partial charge in [-0.05, 0) is 24.5 Å². The highest BCUT2D eigenvalue weighted by Gasteiger charge is 2.25. The van der Waals surface area contributed by atoms with Crippen LogP contribution in [0.4, 0.5) is 4.79 Å². The third kappa shape index (κ3) is 3.95. The van der Waals surface area contributed by atoms with Gasteiger partial charge in [0.25, 0.3) is 0 Å². The van der Waals surface area contributed by atoms with E-state index >= 15 is 0 Å². The normalized spacial score (nSPS) is 17.8. The van der Waals surface area contributed by atoms with Crippen molar-refractivity contribution in [3.63, 3.8) is 0 Å². The second kappa shape index (κ2) is 7.08. The topological polar surface area (TPSA) is 89.9 Å². The number of carboxylic acid groups (broad SMARTS) is 1. The van der Waals surface area contributed by atoms with Crippen molar-refractivity contribution >= 4 is 12.0 Å². The van der Waals surface area contributed by atoms with Crippen LogP contribution in [-0.4, -0.2) is 53.4 Å². The summed E-state index contributed by atoms with van der Waals surface area (Å²) >= 11 is 0. The average Bonchev–Trinajstić information content (AvgIpc) is 2.96. The predicted octanol–water partition coefficient (Wildman–Crippen LogP) is 0.951. The highest BCUT2D eigenvalue weighted by molar-refractivity contribution is 5.89. The number of aliphatic hydroxyl groups excluding tert-OH is 1. The average molecular weight is 292 g/mol. The Morgan fingerprint density at radius 2 is 2.10 bits per heavy atom. The Kier molecular flexibility index (Phi) is 5.16. The number of benzene rings is 1. The molecule has 0 bridgehead atoms. The van der Waals surface area contributed by atoms with Crippen LogP contribution in [0.25, 0.3) is 0 Å². The highest BCUT2D eigenvalue weighted by atomic mass is 16.4. The molecule has 1 unspecified atom stereocenters. The fourth-order valence-electron chi connectivity index (χ4n) is 2.53. The number of aliphatic hydroxyl groups is 1. The van der Waals surface area contributed by atoms with Gasteiger partial charge in [0.05, 0.1) is 5.56 Å². The quantitative estimate of drug-likeness (QED) is 0.753. The number of rotatable bonds is 5. The summed E-state index contributed by atoms with van der Waals surface area (Å²) in [5, 5.41) is 20.9. The van der Waals surface area contributed by atoms with E-state index in [1.165, 1.54) is 0 Å².